The molecule has 1 atom stereocenters. The van der Waals surface area contributed by atoms with Crippen LogP contribution < -0.4 is 10.2 Å². The lowest BCUT2D eigenvalue weighted by molar-refractivity contribution is -0.137. The standard InChI is InChI=1S/C10H15N3O2/c1-7(10(14)15)12-8-6-11-5-4-9(8)13(2)3/h4-7,12H,1-3H3,(H,14,15). The molecule has 0 bridgehead atoms. The largest absolute Gasteiger partial charge is 0.480 e. The molecule has 0 aliphatic rings. The van der Waals surface area contributed by atoms with Gasteiger partial charge in [-0.2, -0.15) is 0 Å². The van der Waals surface area contributed by atoms with Gasteiger partial charge in [0.05, 0.1) is 17.6 Å². The lowest BCUT2D eigenvalue weighted by atomic mass is 10.2. The van der Waals surface area contributed by atoms with Crippen LogP contribution in [-0.2, 0) is 4.79 Å². The third-order valence-electron chi connectivity index (χ3n) is 2.02. The van der Waals surface area contributed by atoms with E-state index in [-0.39, 0.29) is 0 Å². The van der Waals surface area contributed by atoms with Gasteiger partial charge in [0.1, 0.15) is 6.04 Å². The molecule has 1 heterocycles. The summed E-state index contributed by atoms with van der Waals surface area (Å²) in [5.41, 5.74) is 1.63. The molecule has 0 aromatic carbocycles. The van der Waals surface area contributed by atoms with Crippen molar-refractivity contribution in [3.8, 4) is 0 Å². The lowest BCUT2D eigenvalue weighted by Crippen LogP contribution is -2.26. The topological polar surface area (TPSA) is 65.5 Å². The molecule has 2 N–H and O–H groups in total. The summed E-state index contributed by atoms with van der Waals surface area (Å²) >= 11 is 0. The molecule has 0 saturated heterocycles. The lowest BCUT2D eigenvalue weighted by Gasteiger charge is -2.19. The van der Waals surface area contributed by atoms with Crippen molar-refractivity contribution in [1.82, 2.24) is 4.98 Å². The third kappa shape index (κ3) is 2.83. The van der Waals surface area contributed by atoms with Gasteiger partial charge in [-0.05, 0) is 13.0 Å². The molecule has 0 radical (unpaired) electrons. The number of pyridine rings is 1. The normalized spacial score (nSPS) is 11.9. The highest BCUT2D eigenvalue weighted by Gasteiger charge is 2.12. The zero-order valence-corrected chi connectivity index (χ0v) is 9.06. The summed E-state index contributed by atoms with van der Waals surface area (Å²) in [6.07, 6.45) is 3.29. The number of anilines is 2. The minimum Gasteiger partial charge on any atom is -0.480 e. The van der Waals surface area contributed by atoms with Crippen molar-refractivity contribution in [2.75, 3.05) is 24.3 Å². The van der Waals surface area contributed by atoms with Gasteiger partial charge in [0.2, 0.25) is 0 Å². The van der Waals surface area contributed by atoms with Crippen LogP contribution in [0.1, 0.15) is 6.92 Å². The van der Waals surface area contributed by atoms with E-state index in [4.69, 9.17) is 5.11 Å². The molecule has 0 aliphatic heterocycles. The van der Waals surface area contributed by atoms with Crippen LogP contribution in [0.15, 0.2) is 18.5 Å². The van der Waals surface area contributed by atoms with Gasteiger partial charge in [0.25, 0.3) is 0 Å². The summed E-state index contributed by atoms with van der Waals surface area (Å²) in [5, 5.41) is 11.7. The SMILES string of the molecule is CC(Nc1cnccc1N(C)C)C(=O)O. The average Bonchev–Trinajstić information content (AvgIpc) is 2.18. The summed E-state index contributed by atoms with van der Waals surface area (Å²) in [7, 11) is 3.79. The fraction of sp³-hybridized carbons (Fsp3) is 0.400. The first-order chi connectivity index (χ1) is 7.02. The van der Waals surface area contributed by atoms with Crippen LogP contribution in [0.3, 0.4) is 0 Å². The third-order valence-corrected chi connectivity index (χ3v) is 2.02. The van der Waals surface area contributed by atoms with Gasteiger partial charge in [-0.25, -0.2) is 0 Å². The van der Waals surface area contributed by atoms with Crippen LogP contribution in [0.25, 0.3) is 0 Å². The molecular weight excluding hydrogens is 194 g/mol. The molecule has 0 fully saturated rings. The minimum atomic E-state index is -0.886. The quantitative estimate of drug-likeness (QED) is 0.775. The van der Waals surface area contributed by atoms with Crippen LogP contribution in [0.4, 0.5) is 11.4 Å². The Kier molecular flexibility index (Phi) is 3.49. The van der Waals surface area contributed by atoms with Gasteiger partial charge in [-0.1, -0.05) is 0 Å². The number of hydrogen-bond acceptors (Lipinski definition) is 4. The highest BCUT2D eigenvalue weighted by atomic mass is 16.4. The van der Waals surface area contributed by atoms with Gasteiger partial charge in [-0.3, -0.25) is 9.78 Å². The van der Waals surface area contributed by atoms with Crippen LogP contribution in [-0.4, -0.2) is 36.2 Å². The number of nitrogens with one attached hydrogen (secondary N) is 1. The Hall–Kier alpha value is -1.78. The van der Waals surface area contributed by atoms with Crippen LogP contribution in [0, 0.1) is 0 Å². The number of carboxylic acids is 1. The first-order valence-electron chi connectivity index (χ1n) is 4.63. The predicted octanol–water partition coefficient (Wildman–Crippen LogP) is 1.03. The fourth-order valence-corrected chi connectivity index (χ4v) is 1.18. The Morgan fingerprint density at radius 1 is 1.60 bits per heavy atom. The molecule has 1 unspecified atom stereocenters. The number of aliphatic carboxylic acids is 1. The maximum atomic E-state index is 10.7. The Balaban J connectivity index is 2.89. The zero-order chi connectivity index (χ0) is 11.4. The second-order valence-corrected chi connectivity index (χ2v) is 3.49. The maximum absolute atomic E-state index is 10.7. The highest BCUT2D eigenvalue weighted by Crippen LogP contribution is 2.22. The minimum absolute atomic E-state index is 0.632. The van der Waals surface area contributed by atoms with E-state index in [0.29, 0.717) is 0 Å². The number of hydrogen-bond donors (Lipinski definition) is 2. The Morgan fingerprint density at radius 2 is 2.27 bits per heavy atom. The van der Waals surface area contributed by atoms with Gasteiger partial charge >= 0.3 is 5.97 Å². The number of nitrogens with zero attached hydrogens (tertiary/aromatic N) is 2. The van der Waals surface area contributed by atoms with Crippen LogP contribution >= 0.6 is 0 Å². The zero-order valence-electron chi connectivity index (χ0n) is 9.06. The molecule has 5 nitrogen and oxygen atoms in total. The molecule has 1 aromatic heterocycles. The van der Waals surface area contributed by atoms with Crippen molar-refractivity contribution in [2.45, 2.75) is 13.0 Å². The summed E-state index contributed by atoms with van der Waals surface area (Å²) in [6, 6.07) is 1.20. The summed E-state index contributed by atoms with van der Waals surface area (Å²) < 4.78 is 0. The van der Waals surface area contributed by atoms with E-state index in [1.807, 2.05) is 25.1 Å². The predicted molar refractivity (Wildman–Crippen MR) is 59.3 cm³/mol. The van der Waals surface area contributed by atoms with Gasteiger partial charge in [0.15, 0.2) is 0 Å². The molecular formula is C10H15N3O2. The first kappa shape index (κ1) is 11.3. The molecule has 0 spiro atoms. The first-order valence-corrected chi connectivity index (χ1v) is 4.63. The second-order valence-electron chi connectivity index (χ2n) is 3.49. The van der Waals surface area contributed by atoms with Gasteiger partial charge in [-0.15, -0.1) is 0 Å². The smallest absolute Gasteiger partial charge is 0.325 e. The molecule has 0 saturated carbocycles. The van der Waals surface area contributed by atoms with Crippen molar-refractivity contribution in [1.29, 1.82) is 0 Å². The second kappa shape index (κ2) is 4.63. The van der Waals surface area contributed by atoms with E-state index >= 15 is 0 Å². The van der Waals surface area contributed by atoms with Crippen LogP contribution in [0.2, 0.25) is 0 Å². The van der Waals surface area contributed by atoms with Gasteiger partial charge in [0, 0.05) is 20.3 Å². The Labute approximate surface area is 88.7 Å². The van der Waals surface area contributed by atoms with Crippen molar-refractivity contribution in [2.24, 2.45) is 0 Å². The average molecular weight is 209 g/mol. The van der Waals surface area contributed by atoms with Crippen molar-refractivity contribution in [3.05, 3.63) is 18.5 Å². The van der Waals surface area contributed by atoms with E-state index in [0.717, 1.165) is 11.4 Å². The number of carboxylic acid groups (broad SMARTS) is 1. The van der Waals surface area contributed by atoms with E-state index in [1.165, 1.54) is 0 Å². The molecule has 0 amide bonds. The molecule has 82 valence electrons. The highest BCUT2D eigenvalue weighted by molar-refractivity contribution is 5.79. The van der Waals surface area contributed by atoms with Gasteiger partial charge < -0.3 is 15.3 Å². The summed E-state index contributed by atoms with van der Waals surface area (Å²) in [4.78, 5) is 16.5. The molecule has 1 rings (SSSR count). The number of carbonyl (C=O) groups is 1. The van der Waals surface area contributed by atoms with Crippen molar-refractivity contribution < 1.29 is 9.90 Å². The number of aromatic nitrogens is 1. The molecule has 1 aromatic rings. The summed E-state index contributed by atoms with van der Waals surface area (Å²) in [5.74, 6) is -0.886. The molecule has 0 aliphatic carbocycles. The van der Waals surface area contributed by atoms with E-state index in [9.17, 15) is 4.79 Å². The van der Waals surface area contributed by atoms with Crippen LogP contribution in [0.5, 0.6) is 0 Å². The molecule has 5 heteroatoms. The monoisotopic (exact) mass is 209 g/mol. The fourth-order valence-electron chi connectivity index (χ4n) is 1.18. The number of rotatable bonds is 4. The van der Waals surface area contributed by atoms with E-state index < -0.39 is 12.0 Å². The Morgan fingerprint density at radius 3 is 2.80 bits per heavy atom. The molecule has 15 heavy (non-hydrogen) atoms. The summed E-state index contributed by atoms with van der Waals surface area (Å²) in [6.45, 7) is 1.59. The van der Waals surface area contributed by atoms with E-state index in [1.54, 1.807) is 19.3 Å². The van der Waals surface area contributed by atoms with Crippen molar-refractivity contribution in [3.63, 3.8) is 0 Å². The van der Waals surface area contributed by atoms with E-state index in [2.05, 4.69) is 10.3 Å². The maximum Gasteiger partial charge on any atom is 0.325 e. The Bertz CT molecular complexity index is 352. The van der Waals surface area contributed by atoms with Crippen molar-refractivity contribution >= 4 is 17.3 Å².